The van der Waals surface area contributed by atoms with Gasteiger partial charge in [0, 0.05) is 38.4 Å². The smallest absolute Gasteiger partial charge is 0.242 e. The third-order valence-corrected chi connectivity index (χ3v) is 5.24. The molecule has 0 bridgehead atoms. The Morgan fingerprint density at radius 3 is 2.75 bits per heavy atom. The quantitative estimate of drug-likeness (QED) is 0.256. The second-order valence-corrected chi connectivity index (χ2v) is 7.61. The van der Waals surface area contributed by atoms with E-state index in [-0.39, 0.29) is 42.5 Å². The van der Waals surface area contributed by atoms with E-state index < -0.39 is 0 Å². The van der Waals surface area contributed by atoms with Crippen molar-refractivity contribution in [2.45, 2.75) is 25.9 Å². The molecule has 3 N–H and O–H groups in total. The third-order valence-electron chi connectivity index (χ3n) is 4.94. The summed E-state index contributed by atoms with van der Waals surface area (Å²) in [6.07, 6.45) is 2.68. The zero-order valence-electron chi connectivity index (χ0n) is 18.3. The predicted octanol–water partition coefficient (Wildman–Crippen LogP) is 2.81. The Morgan fingerprint density at radius 1 is 1.28 bits per heavy atom. The van der Waals surface area contributed by atoms with Crippen molar-refractivity contribution in [3.8, 4) is 5.75 Å². The normalized spacial score (nSPS) is 15.7. The van der Waals surface area contributed by atoms with E-state index in [1.165, 1.54) is 0 Å². The summed E-state index contributed by atoms with van der Waals surface area (Å²) in [5.41, 5.74) is 1.00. The summed E-state index contributed by atoms with van der Waals surface area (Å²) >= 11 is 6.27. The van der Waals surface area contributed by atoms with Gasteiger partial charge in [0.2, 0.25) is 5.91 Å². The molecule has 174 valence electrons. The number of aliphatic imine (C=N–C) groups is 1. The van der Waals surface area contributed by atoms with Crippen molar-refractivity contribution in [1.29, 1.82) is 0 Å². The number of aromatic nitrogens is 1. The molecule has 0 radical (unpaired) electrons. The lowest BCUT2D eigenvalue weighted by Crippen LogP contribution is -2.45. The van der Waals surface area contributed by atoms with Crippen molar-refractivity contribution in [3.05, 3.63) is 53.2 Å². The monoisotopic (exact) mass is 572 g/mol. The predicted molar refractivity (Wildman–Crippen MR) is 139 cm³/mol. The highest BCUT2D eigenvalue weighted by Crippen LogP contribution is 2.25. The molecule has 2 heterocycles. The van der Waals surface area contributed by atoms with Gasteiger partial charge in [-0.1, -0.05) is 23.7 Å². The number of rotatable bonds is 8. The Morgan fingerprint density at radius 2 is 2.06 bits per heavy atom. The van der Waals surface area contributed by atoms with Crippen LogP contribution < -0.4 is 25.6 Å². The zero-order valence-corrected chi connectivity index (χ0v) is 21.4. The van der Waals surface area contributed by atoms with Crippen molar-refractivity contribution >= 4 is 53.3 Å². The summed E-state index contributed by atoms with van der Waals surface area (Å²) in [5.74, 6) is 2.08. The number of anilines is 1. The molecule has 1 unspecified atom stereocenters. The SMILES string of the molecule is CCNC(=NCC(=O)NCc1ccc(OC)cc1)NC1CCN(c2ncccc2Cl)C1.I. The maximum atomic E-state index is 12.2. The topological polar surface area (TPSA) is 90.9 Å². The fourth-order valence-corrected chi connectivity index (χ4v) is 3.59. The van der Waals surface area contributed by atoms with Gasteiger partial charge in [-0.25, -0.2) is 9.98 Å². The van der Waals surface area contributed by atoms with Gasteiger partial charge in [-0.2, -0.15) is 0 Å². The van der Waals surface area contributed by atoms with Crippen molar-refractivity contribution in [2.75, 3.05) is 38.2 Å². The van der Waals surface area contributed by atoms with Crippen LogP contribution in [0.25, 0.3) is 0 Å². The summed E-state index contributed by atoms with van der Waals surface area (Å²) in [7, 11) is 1.63. The molecule has 1 aliphatic heterocycles. The van der Waals surface area contributed by atoms with Gasteiger partial charge < -0.3 is 25.6 Å². The number of carbonyl (C=O) groups excluding carboxylic acids is 1. The first-order valence-corrected chi connectivity index (χ1v) is 10.8. The first-order valence-electron chi connectivity index (χ1n) is 10.4. The van der Waals surface area contributed by atoms with Gasteiger partial charge in [-0.05, 0) is 43.2 Å². The molecule has 1 aromatic heterocycles. The van der Waals surface area contributed by atoms with Crippen molar-refractivity contribution in [3.63, 3.8) is 0 Å². The van der Waals surface area contributed by atoms with E-state index in [1.807, 2.05) is 43.3 Å². The molecule has 1 fully saturated rings. The molecule has 1 atom stereocenters. The number of halogens is 2. The highest BCUT2D eigenvalue weighted by molar-refractivity contribution is 14.0. The maximum absolute atomic E-state index is 12.2. The maximum Gasteiger partial charge on any atom is 0.242 e. The lowest BCUT2D eigenvalue weighted by Gasteiger charge is -2.20. The van der Waals surface area contributed by atoms with Crippen molar-refractivity contribution in [1.82, 2.24) is 20.9 Å². The van der Waals surface area contributed by atoms with Crippen LogP contribution in [0.4, 0.5) is 5.82 Å². The lowest BCUT2D eigenvalue weighted by atomic mass is 10.2. The average molecular weight is 573 g/mol. The van der Waals surface area contributed by atoms with Gasteiger partial charge in [-0.15, -0.1) is 24.0 Å². The van der Waals surface area contributed by atoms with Crippen LogP contribution in [-0.2, 0) is 11.3 Å². The molecule has 0 saturated carbocycles. The number of ether oxygens (including phenoxy) is 1. The Balaban J connectivity index is 0.00000363. The molecular weight excluding hydrogens is 543 g/mol. The van der Waals surface area contributed by atoms with Crippen LogP contribution in [-0.4, -0.2) is 56.2 Å². The molecule has 1 amide bonds. The number of guanidine groups is 1. The van der Waals surface area contributed by atoms with E-state index in [0.717, 1.165) is 36.6 Å². The summed E-state index contributed by atoms with van der Waals surface area (Å²) in [5, 5.41) is 10.2. The minimum absolute atomic E-state index is 0. The zero-order chi connectivity index (χ0) is 22.1. The Kier molecular flexibility index (Phi) is 10.8. The van der Waals surface area contributed by atoms with Crippen LogP contribution in [0.15, 0.2) is 47.6 Å². The first kappa shape index (κ1) is 26.0. The van der Waals surface area contributed by atoms with Gasteiger partial charge in [0.05, 0.1) is 12.1 Å². The van der Waals surface area contributed by atoms with E-state index in [4.69, 9.17) is 16.3 Å². The average Bonchev–Trinajstić information content (AvgIpc) is 3.25. The molecule has 2 aromatic rings. The number of pyridine rings is 1. The Bertz CT molecular complexity index is 896. The molecule has 3 rings (SSSR count). The van der Waals surface area contributed by atoms with Crippen LogP contribution >= 0.6 is 35.6 Å². The number of hydrogen-bond acceptors (Lipinski definition) is 5. The Labute approximate surface area is 211 Å². The van der Waals surface area contributed by atoms with E-state index in [9.17, 15) is 4.79 Å². The van der Waals surface area contributed by atoms with Crippen LogP contribution in [0.1, 0.15) is 18.9 Å². The van der Waals surface area contributed by atoms with E-state index >= 15 is 0 Å². The standard InChI is InChI=1S/C22H29ClN6O2.HI/c1-3-24-22(27-14-20(30)26-13-16-6-8-18(31-2)9-7-16)28-17-10-12-29(15-17)21-19(23)5-4-11-25-21;/h4-9,11,17H,3,10,12-15H2,1-2H3,(H,26,30)(H2,24,27,28);1H. The van der Waals surface area contributed by atoms with Gasteiger partial charge in [0.15, 0.2) is 5.96 Å². The molecule has 1 saturated heterocycles. The number of methoxy groups -OCH3 is 1. The lowest BCUT2D eigenvalue weighted by molar-refractivity contribution is -0.119. The van der Waals surface area contributed by atoms with Crippen LogP contribution in [0, 0.1) is 0 Å². The summed E-state index contributed by atoms with van der Waals surface area (Å²) < 4.78 is 5.14. The van der Waals surface area contributed by atoms with Gasteiger partial charge in [0.1, 0.15) is 18.1 Å². The van der Waals surface area contributed by atoms with Crippen molar-refractivity contribution in [2.24, 2.45) is 4.99 Å². The molecule has 8 nitrogen and oxygen atoms in total. The largest absolute Gasteiger partial charge is 0.497 e. The number of carbonyl (C=O) groups is 1. The second kappa shape index (κ2) is 13.3. The molecule has 1 aliphatic rings. The molecule has 32 heavy (non-hydrogen) atoms. The highest BCUT2D eigenvalue weighted by atomic mass is 127. The van der Waals surface area contributed by atoms with Gasteiger partial charge in [-0.3, -0.25) is 4.79 Å². The Hall–Kier alpha value is -2.27. The van der Waals surface area contributed by atoms with E-state index in [1.54, 1.807) is 13.3 Å². The second-order valence-electron chi connectivity index (χ2n) is 7.20. The summed E-state index contributed by atoms with van der Waals surface area (Å²) in [6, 6.07) is 11.5. The van der Waals surface area contributed by atoms with Crippen LogP contribution in [0.2, 0.25) is 5.02 Å². The fraction of sp³-hybridized carbons (Fsp3) is 0.409. The first-order chi connectivity index (χ1) is 15.1. The van der Waals surface area contributed by atoms with Gasteiger partial charge in [0.25, 0.3) is 0 Å². The number of benzene rings is 1. The number of nitrogens with one attached hydrogen (secondary N) is 3. The minimum Gasteiger partial charge on any atom is -0.497 e. The van der Waals surface area contributed by atoms with Crippen LogP contribution in [0.3, 0.4) is 0 Å². The van der Waals surface area contributed by atoms with Crippen LogP contribution in [0.5, 0.6) is 5.75 Å². The van der Waals surface area contributed by atoms with E-state index in [0.29, 0.717) is 24.1 Å². The summed E-state index contributed by atoms with van der Waals surface area (Å²) in [6.45, 7) is 4.83. The summed E-state index contributed by atoms with van der Waals surface area (Å²) in [4.78, 5) is 23.2. The van der Waals surface area contributed by atoms with E-state index in [2.05, 4.69) is 30.8 Å². The molecule has 1 aromatic carbocycles. The van der Waals surface area contributed by atoms with Gasteiger partial charge >= 0.3 is 0 Å². The molecule has 10 heteroatoms. The molecule has 0 aliphatic carbocycles. The third kappa shape index (κ3) is 7.70. The van der Waals surface area contributed by atoms with Crippen molar-refractivity contribution < 1.29 is 9.53 Å². The fourth-order valence-electron chi connectivity index (χ4n) is 3.34. The highest BCUT2D eigenvalue weighted by Gasteiger charge is 2.25. The number of hydrogen-bond donors (Lipinski definition) is 3. The molecule has 0 spiro atoms. The number of nitrogens with zero attached hydrogens (tertiary/aromatic N) is 3. The number of amides is 1. The minimum atomic E-state index is -0.138. The molecular formula is C22H30ClIN6O2.